The van der Waals surface area contributed by atoms with Crippen LogP contribution in [0.1, 0.15) is 19.4 Å². The third-order valence-electron chi connectivity index (χ3n) is 1.75. The summed E-state index contributed by atoms with van der Waals surface area (Å²) in [6.07, 6.45) is 2.93. The van der Waals surface area contributed by atoms with Gasteiger partial charge in [-0.1, -0.05) is 22.0 Å². The van der Waals surface area contributed by atoms with E-state index in [-0.39, 0.29) is 6.10 Å². The second-order valence-electron chi connectivity index (χ2n) is 3.41. The summed E-state index contributed by atoms with van der Waals surface area (Å²) in [5.41, 5.74) is 1.17. The van der Waals surface area contributed by atoms with Crippen LogP contribution in [0.15, 0.2) is 35.3 Å². The molecule has 0 N–H and O–H groups in total. The summed E-state index contributed by atoms with van der Waals surface area (Å²) in [5.74, 6) is 0.947. The molecule has 1 rings (SSSR count). The van der Waals surface area contributed by atoms with Crippen LogP contribution in [-0.4, -0.2) is 6.10 Å². The van der Waals surface area contributed by atoms with Crippen molar-refractivity contribution in [2.45, 2.75) is 26.4 Å². The lowest BCUT2D eigenvalue weighted by Crippen LogP contribution is -2.07. The fourth-order valence-corrected chi connectivity index (χ4v) is 1.64. The van der Waals surface area contributed by atoms with Gasteiger partial charge in [0.15, 0.2) is 0 Å². The molecule has 0 heterocycles. The van der Waals surface area contributed by atoms with E-state index in [0.29, 0.717) is 0 Å². The van der Waals surface area contributed by atoms with Crippen LogP contribution in [0, 0.1) is 0 Å². The lowest BCUT2D eigenvalue weighted by molar-refractivity contribution is 0.240. The Kier molecular flexibility index (Phi) is 4.21. The van der Waals surface area contributed by atoms with Crippen molar-refractivity contribution in [3.05, 3.63) is 40.9 Å². The lowest BCUT2D eigenvalue weighted by Gasteiger charge is -2.13. The summed E-state index contributed by atoms with van der Waals surface area (Å²) in [6.45, 7) is 7.79. The minimum Gasteiger partial charge on any atom is -0.491 e. The normalized spacial score (nSPS) is 10.3. The van der Waals surface area contributed by atoms with Crippen LogP contribution < -0.4 is 4.74 Å². The van der Waals surface area contributed by atoms with E-state index in [1.165, 1.54) is 5.56 Å². The lowest BCUT2D eigenvalue weighted by atomic mass is 10.1. The fraction of sp³-hybridized carbons (Fsp3) is 0.333. The molecule has 0 aliphatic carbocycles. The summed E-state index contributed by atoms with van der Waals surface area (Å²) in [7, 11) is 0. The van der Waals surface area contributed by atoms with Crippen molar-refractivity contribution in [2.75, 3.05) is 0 Å². The van der Waals surface area contributed by atoms with Gasteiger partial charge < -0.3 is 4.74 Å². The monoisotopic (exact) mass is 254 g/mol. The Labute approximate surface area is 93.9 Å². The van der Waals surface area contributed by atoms with Crippen LogP contribution in [0.3, 0.4) is 0 Å². The largest absolute Gasteiger partial charge is 0.491 e. The molecule has 0 aromatic heterocycles. The van der Waals surface area contributed by atoms with Gasteiger partial charge in [-0.25, -0.2) is 0 Å². The Morgan fingerprint density at radius 2 is 2.21 bits per heavy atom. The molecule has 0 spiro atoms. The summed E-state index contributed by atoms with van der Waals surface area (Å²) < 4.78 is 6.76. The number of allylic oxidation sites excluding steroid dienone is 1. The van der Waals surface area contributed by atoms with Gasteiger partial charge in [0.1, 0.15) is 5.75 Å². The highest BCUT2D eigenvalue weighted by molar-refractivity contribution is 9.10. The number of hydrogen-bond donors (Lipinski definition) is 0. The van der Waals surface area contributed by atoms with Crippen LogP contribution in [0.5, 0.6) is 5.75 Å². The molecule has 14 heavy (non-hydrogen) atoms. The van der Waals surface area contributed by atoms with Gasteiger partial charge in [-0.2, -0.15) is 0 Å². The third-order valence-corrected chi connectivity index (χ3v) is 2.24. The van der Waals surface area contributed by atoms with Crippen molar-refractivity contribution in [1.29, 1.82) is 0 Å². The van der Waals surface area contributed by atoms with Crippen molar-refractivity contribution in [1.82, 2.24) is 0 Å². The Hall–Kier alpha value is -0.760. The van der Waals surface area contributed by atoms with Gasteiger partial charge in [-0.15, -0.1) is 6.58 Å². The van der Waals surface area contributed by atoms with E-state index in [2.05, 4.69) is 28.6 Å². The molecule has 1 aromatic rings. The van der Waals surface area contributed by atoms with Crippen LogP contribution in [-0.2, 0) is 6.42 Å². The van der Waals surface area contributed by atoms with Gasteiger partial charge >= 0.3 is 0 Å². The number of hydrogen-bond acceptors (Lipinski definition) is 1. The number of ether oxygens (including phenoxy) is 1. The molecule has 0 fully saturated rings. The average Bonchev–Trinajstić information content (AvgIpc) is 2.09. The quantitative estimate of drug-likeness (QED) is 0.740. The standard InChI is InChI=1S/C12H15BrO/c1-4-5-10-8-11(13)6-7-12(10)14-9(2)3/h4,6-9H,1,5H2,2-3H3. The van der Waals surface area contributed by atoms with Crippen molar-refractivity contribution in [3.8, 4) is 5.75 Å². The van der Waals surface area contributed by atoms with Crippen LogP contribution >= 0.6 is 15.9 Å². The average molecular weight is 255 g/mol. The zero-order chi connectivity index (χ0) is 10.6. The number of rotatable bonds is 4. The van der Waals surface area contributed by atoms with Crippen LogP contribution in [0.2, 0.25) is 0 Å². The molecule has 76 valence electrons. The number of halogens is 1. The van der Waals surface area contributed by atoms with E-state index >= 15 is 0 Å². The maximum absolute atomic E-state index is 5.68. The van der Waals surface area contributed by atoms with Crippen molar-refractivity contribution < 1.29 is 4.74 Å². The predicted molar refractivity (Wildman–Crippen MR) is 63.8 cm³/mol. The zero-order valence-corrected chi connectivity index (χ0v) is 10.2. The summed E-state index contributed by atoms with van der Waals surface area (Å²) in [4.78, 5) is 0. The molecule has 0 saturated heterocycles. The molecule has 0 atom stereocenters. The topological polar surface area (TPSA) is 9.23 Å². The van der Waals surface area contributed by atoms with Crippen molar-refractivity contribution in [2.24, 2.45) is 0 Å². The molecule has 0 aliphatic heterocycles. The molecular formula is C12H15BrO. The molecule has 0 unspecified atom stereocenters. The van der Waals surface area contributed by atoms with E-state index in [4.69, 9.17) is 4.74 Å². The Bertz CT molecular complexity index is 318. The van der Waals surface area contributed by atoms with Gasteiger partial charge in [0.25, 0.3) is 0 Å². The molecule has 0 amide bonds. The molecule has 0 bridgehead atoms. The smallest absolute Gasteiger partial charge is 0.123 e. The Balaban J connectivity index is 2.95. The van der Waals surface area contributed by atoms with Crippen LogP contribution in [0.25, 0.3) is 0 Å². The molecule has 0 aliphatic rings. The molecule has 0 saturated carbocycles. The first-order valence-corrected chi connectivity index (χ1v) is 5.48. The molecule has 1 nitrogen and oxygen atoms in total. The summed E-state index contributed by atoms with van der Waals surface area (Å²) in [5, 5.41) is 0. The first-order chi connectivity index (χ1) is 6.63. The Morgan fingerprint density at radius 1 is 1.50 bits per heavy atom. The van der Waals surface area contributed by atoms with Gasteiger partial charge in [-0.05, 0) is 44.0 Å². The zero-order valence-electron chi connectivity index (χ0n) is 8.59. The minimum atomic E-state index is 0.208. The second kappa shape index (κ2) is 5.20. The Morgan fingerprint density at radius 3 is 2.79 bits per heavy atom. The van der Waals surface area contributed by atoms with Gasteiger partial charge in [-0.3, -0.25) is 0 Å². The number of benzene rings is 1. The van der Waals surface area contributed by atoms with E-state index in [0.717, 1.165) is 16.6 Å². The molecular weight excluding hydrogens is 240 g/mol. The SMILES string of the molecule is C=CCc1cc(Br)ccc1OC(C)C. The van der Waals surface area contributed by atoms with Gasteiger partial charge in [0.05, 0.1) is 6.10 Å². The highest BCUT2D eigenvalue weighted by Crippen LogP contribution is 2.24. The minimum absolute atomic E-state index is 0.208. The van der Waals surface area contributed by atoms with E-state index in [9.17, 15) is 0 Å². The van der Waals surface area contributed by atoms with E-state index < -0.39 is 0 Å². The highest BCUT2D eigenvalue weighted by Gasteiger charge is 2.04. The van der Waals surface area contributed by atoms with E-state index in [1.807, 2.05) is 32.1 Å². The highest BCUT2D eigenvalue weighted by atomic mass is 79.9. The van der Waals surface area contributed by atoms with Crippen LogP contribution in [0.4, 0.5) is 0 Å². The predicted octanol–water partition coefficient (Wildman–Crippen LogP) is 3.96. The summed E-state index contributed by atoms with van der Waals surface area (Å²) in [6, 6.07) is 6.05. The first-order valence-electron chi connectivity index (χ1n) is 4.69. The maximum atomic E-state index is 5.68. The second-order valence-corrected chi connectivity index (χ2v) is 4.33. The van der Waals surface area contributed by atoms with Crippen molar-refractivity contribution in [3.63, 3.8) is 0 Å². The summed E-state index contributed by atoms with van der Waals surface area (Å²) >= 11 is 3.44. The first kappa shape index (κ1) is 11.3. The third kappa shape index (κ3) is 3.18. The fourth-order valence-electron chi connectivity index (χ4n) is 1.23. The maximum Gasteiger partial charge on any atom is 0.123 e. The van der Waals surface area contributed by atoms with Gasteiger partial charge in [0.2, 0.25) is 0 Å². The van der Waals surface area contributed by atoms with Crippen molar-refractivity contribution >= 4 is 15.9 Å². The molecule has 2 heteroatoms. The van der Waals surface area contributed by atoms with Gasteiger partial charge in [0, 0.05) is 4.47 Å². The van der Waals surface area contributed by atoms with E-state index in [1.54, 1.807) is 0 Å². The molecule has 1 aromatic carbocycles. The molecule has 0 radical (unpaired) electrons.